The predicted molar refractivity (Wildman–Crippen MR) is 112 cm³/mol. The Morgan fingerprint density at radius 1 is 1.10 bits per heavy atom. The summed E-state index contributed by atoms with van der Waals surface area (Å²) in [6, 6.07) is 13.7. The lowest BCUT2D eigenvalue weighted by molar-refractivity contribution is -0.384. The molecule has 4 aromatic rings. The molecule has 0 saturated heterocycles. The van der Waals surface area contributed by atoms with Gasteiger partial charge in [0.15, 0.2) is 5.82 Å². The number of nitro groups is 1. The maximum atomic E-state index is 12.4. The number of anilines is 1. The average Bonchev–Trinajstić information content (AvgIpc) is 3.30. The van der Waals surface area contributed by atoms with Crippen molar-refractivity contribution < 1.29 is 14.5 Å². The fourth-order valence-electron chi connectivity index (χ4n) is 2.63. The molecule has 0 aliphatic rings. The number of carbonyl (C=O) groups is 1. The van der Waals surface area contributed by atoms with Gasteiger partial charge in [0.1, 0.15) is 12.1 Å². The lowest BCUT2D eigenvalue weighted by atomic mass is 10.2. The summed E-state index contributed by atoms with van der Waals surface area (Å²) in [4.78, 5) is 26.6. The van der Waals surface area contributed by atoms with Crippen molar-refractivity contribution in [2.24, 2.45) is 0 Å². The number of rotatable bonds is 6. The van der Waals surface area contributed by atoms with E-state index >= 15 is 0 Å². The molecule has 0 aliphatic carbocycles. The molecule has 0 spiro atoms. The monoisotopic (exact) mass is 436 g/mol. The highest BCUT2D eigenvalue weighted by molar-refractivity contribution is 6.34. The van der Waals surface area contributed by atoms with E-state index in [0.717, 1.165) is 6.07 Å². The Morgan fingerprint density at radius 2 is 1.90 bits per heavy atom. The SMILES string of the molecule is O=C(Nc1ccc(Oc2ccc(-n3ccnc3)nn2)cc1)c1ccc([N+](=O)[O-])cc1Cl. The van der Waals surface area contributed by atoms with Crippen molar-refractivity contribution in [3.05, 3.63) is 94.0 Å². The molecule has 0 aliphatic heterocycles. The second-order valence-corrected chi connectivity index (χ2v) is 6.61. The number of carbonyl (C=O) groups excluding carboxylic acids is 1. The first-order chi connectivity index (χ1) is 15.0. The zero-order valence-corrected chi connectivity index (χ0v) is 16.4. The molecule has 0 bridgehead atoms. The molecule has 0 unspecified atom stereocenters. The van der Waals surface area contributed by atoms with Crippen molar-refractivity contribution in [1.82, 2.24) is 19.7 Å². The molecule has 4 rings (SSSR count). The Kier molecular flexibility index (Phi) is 5.54. The van der Waals surface area contributed by atoms with Crippen molar-refractivity contribution in [2.75, 3.05) is 5.32 Å². The minimum Gasteiger partial charge on any atom is -0.438 e. The third kappa shape index (κ3) is 4.65. The number of non-ortho nitro benzene ring substituents is 1. The fraction of sp³-hybridized carbons (Fsp3) is 0. The summed E-state index contributed by atoms with van der Waals surface area (Å²) in [6.45, 7) is 0. The van der Waals surface area contributed by atoms with E-state index in [1.165, 1.54) is 12.1 Å². The van der Waals surface area contributed by atoms with Gasteiger partial charge in [-0.15, -0.1) is 10.2 Å². The summed E-state index contributed by atoms with van der Waals surface area (Å²) < 4.78 is 7.37. The summed E-state index contributed by atoms with van der Waals surface area (Å²) >= 11 is 5.99. The van der Waals surface area contributed by atoms with Crippen LogP contribution in [0.3, 0.4) is 0 Å². The van der Waals surface area contributed by atoms with Gasteiger partial charge >= 0.3 is 0 Å². The molecule has 2 aromatic heterocycles. The first kappa shape index (κ1) is 20.0. The first-order valence-corrected chi connectivity index (χ1v) is 9.23. The fourth-order valence-corrected chi connectivity index (χ4v) is 2.89. The number of hydrogen-bond donors (Lipinski definition) is 1. The van der Waals surface area contributed by atoms with Gasteiger partial charge in [0.05, 0.1) is 15.5 Å². The molecule has 1 amide bonds. The van der Waals surface area contributed by atoms with Gasteiger partial charge in [-0.2, -0.15) is 0 Å². The number of nitrogens with zero attached hydrogens (tertiary/aromatic N) is 5. The Labute approximate surface area is 180 Å². The van der Waals surface area contributed by atoms with Crippen molar-refractivity contribution in [3.63, 3.8) is 0 Å². The third-order valence-electron chi connectivity index (χ3n) is 4.14. The van der Waals surface area contributed by atoms with Crippen molar-refractivity contribution in [2.45, 2.75) is 0 Å². The molecule has 154 valence electrons. The van der Waals surface area contributed by atoms with Gasteiger partial charge < -0.3 is 10.1 Å². The molecule has 0 radical (unpaired) electrons. The Morgan fingerprint density at radius 3 is 2.52 bits per heavy atom. The van der Waals surface area contributed by atoms with Crippen LogP contribution in [0.25, 0.3) is 5.82 Å². The van der Waals surface area contributed by atoms with E-state index in [0.29, 0.717) is 23.1 Å². The van der Waals surface area contributed by atoms with Crippen LogP contribution in [-0.4, -0.2) is 30.6 Å². The summed E-state index contributed by atoms with van der Waals surface area (Å²) in [5.74, 6) is 0.914. The normalized spacial score (nSPS) is 10.5. The lowest BCUT2D eigenvalue weighted by Gasteiger charge is -2.09. The molecule has 11 heteroatoms. The van der Waals surface area contributed by atoms with Crippen LogP contribution in [0.1, 0.15) is 10.4 Å². The van der Waals surface area contributed by atoms with Crippen LogP contribution in [0.5, 0.6) is 11.6 Å². The Hall–Kier alpha value is -4.31. The minimum absolute atomic E-state index is 0.00984. The molecule has 2 aromatic carbocycles. The number of benzene rings is 2. The Bertz CT molecular complexity index is 1230. The van der Waals surface area contributed by atoms with Gasteiger partial charge in [-0.05, 0) is 36.4 Å². The zero-order valence-electron chi connectivity index (χ0n) is 15.7. The summed E-state index contributed by atoms with van der Waals surface area (Å²) in [6.07, 6.45) is 5.00. The Balaban J connectivity index is 1.40. The topological polar surface area (TPSA) is 125 Å². The standard InChI is InChI=1S/C20H13ClN6O4/c21-17-11-14(27(29)30)3-6-16(17)20(28)23-13-1-4-15(5-2-13)31-19-8-7-18(24-25-19)26-10-9-22-12-26/h1-12H,(H,23,28). The summed E-state index contributed by atoms with van der Waals surface area (Å²) in [5.41, 5.74) is 0.429. The van der Waals surface area contributed by atoms with E-state index in [4.69, 9.17) is 16.3 Å². The summed E-state index contributed by atoms with van der Waals surface area (Å²) in [5, 5.41) is 21.5. The molecular formula is C20H13ClN6O4. The number of halogens is 1. The minimum atomic E-state index is -0.581. The molecule has 10 nitrogen and oxygen atoms in total. The van der Waals surface area contributed by atoms with Crippen molar-refractivity contribution >= 4 is 28.9 Å². The predicted octanol–water partition coefficient (Wildman–Crippen LogP) is 4.27. The highest BCUT2D eigenvalue weighted by Crippen LogP contribution is 2.25. The highest BCUT2D eigenvalue weighted by atomic mass is 35.5. The first-order valence-electron chi connectivity index (χ1n) is 8.85. The van der Waals surface area contributed by atoms with E-state index in [9.17, 15) is 14.9 Å². The van der Waals surface area contributed by atoms with Crippen molar-refractivity contribution in [1.29, 1.82) is 0 Å². The number of hydrogen-bond acceptors (Lipinski definition) is 7. The second kappa shape index (κ2) is 8.59. The van der Waals surface area contributed by atoms with Gasteiger partial charge in [0.2, 0.25) is 5.88 Å². The molecule has 1 N–H and O–H groups in total. The molecule has 31 heavy (non-hydrogen) atoms. The largest absolute Gasteiger partial charge is 0.438 e. The van der Waals surface area contributed by atoms with Crippen LogP contribution < -0.4 is 10.1 Å². The third-order valence-corrected chi connectivity index (χ3v) is 4.45. The van der Waals surface area contributed by atoms with E-state index in [1.54, 1.807) is 59.7 Å². The number of aromatic nitrogens is 4. The quantitative estimate of drug-likeness (QED) is 0.353. The van der Waals surface area contributed by atoms with Gasteiger partial charge in [-0.1, -0.05) is 11.6 Å². The van der Waals surface area contributed by atoms with Gasteiger partial charge in [0, 0.05) is 36.3 Å². The molecule has 2 heterocycles. The van der Waals surface area contributed by atoms with E-state index in [2.05, 4.69) is 20.5 Å². The van der Waals surface area contributed by atoms with E-state index in [-0.39, 0.29) is 16.3 Å². The zero-order chi connectivity index (χ0) is 21.8. The van der Waals surface area contributed by atoms with Gasteiger partial charge in [0.25, 0.3) is 11.6 Å². The van der Waals surface area contributed by atoms with Gasteiger partial charge in [-0.3, -0.25) is 19.5 Å². The maximum Gasteiger partial charge on any atom is 0.270 e. The van der Waals surface area contributed by atoms with Crippen LogP contribution in [0.15, 0.2) is 73.3 Å². The molecule has 0 atom stereocenters. The molecular weight excluding hydrogens is 424 g/mol. The lowest BCUT2D eigenvalue weighted by Crippen LogP contribution is -2.12. The summed E-state index contributed by atoms with van der Waals surface area (Å²) in [7, 11) is 0. The van der Waals surface area contributed by atoms with Crippen LogP contribution in [-0.2, 0) is 0 Å². The van der Waals surface area contributed by atoms with Crippen molar-refractivity contribution in [3.8, 4) is 17.4 Å². The average molecular weight is 437 g/mol. The van der Waals surface area contributed by atoms with Crippen LogP contribution >= 0.6 is 11.6 Å². The maximum absolute atomic E-state index is 12.4. The number of imidazole rings is 1. The number of amides is 1. The van der Waals surface area contributed by atoms with Crippen LogP contribution in [0.2, 0.25) is 5.02 Å². The molecule has 0 saturated carbocycles. The van der Waals surface area contributed by atoms with Crippen LogP contribution in [0, 0.1) is 10.1 Å². The molecule has 0 fully saturated rings. The second-order valence-electron chi connectivity index (χ2n) is 6.20. The number of nitro benzene ring substituents is 1. The van der Waals surface area contributed by atoms with Gasteiger partial charge in [-0.25, -0.2) is 4.98 Å². The van der Waals surface area contributed by atoms with E-state index in [1.807, 2.05) is 0 Å². The number of ether oxygens (including phenoxy) is 1. The smallest absolute Gasteiger partial charge is 0.270 e. The number of nitrogens with one attached hydrogen (secondary N) is 1. The van der Waals surface area contributed by atoms with Crippen LogP contribution in [0.4, 0.5) is 11.4 Å². The highest BCUT2D eigenvalue weighted by Gasteiger charge is 2.15. The van der Waals surface area contributed by atoms with E-state index < -0.39 is 10.8 Å².